The Morgan fingerprint density at radius 3 is 2.47 bits per heavy atom. The Bertz CT molecular complexity index is 468. The summed E-state index contributed by atoms with van der Waals surface area (Å²) in [6, 6.07) is 7.24. The maximum Gasteiger partial charge on any atom is 0.332 e. The number of amides is 3. The summed E-state index contributed by atoms with van der Waals surface area (Å²) >= 11 is 0. The number of benzene rings is 1. The van der Waals surface area contributed by atoms with E-state index in [-0.39, 0.29) is 24.5 Å². The van der Waals surface area contributed by atoms with Crippen molar-refractivity contribution >= 4 is 17.6 Å². The highest BCUT2D eigenvalue weighted by molar-refractivity contribution is 6.19. The number of carbonyl (C=O) groups is 2. The minimum Gasteiger partial charge on any atom is -0.312 e. The van der Waals surface area contributed by atoms with Crippen LogP contribution in [-0.2, 0) is 4.79 Å². The molecule has 0 bridgehead atoms. The fourth-order valence-electron chi connectivity index (χ4n) is 1.94. The van der Waals surface area contributed by atoms with E-state index in [0.717, 1.165) is 5.56 Å². The summed E-state index contributed by atoms with van der Waals surface area (Å²) in [7, 11) is 0. The Kier molecular flexibility index (Phi) is 2.88. The summed E-state index contributed by atoms with van der Waals surface area (Å²) in [5, 5.41) is 0. The molecule has 3 amide bonds. The average Bonchev–Trinajstić information content (AvgIpc) is 2.54. The third-order valence-electron chi connectivity index (χ3n) is 2.88. The number of carbonyl (C=O) groups excluding carboxylic acids is 2. The lowest BCUT2D eigenvalue weighted by atomic mass is 10.2. The van der Waals surface area contributed by atoms with Gasteiger partial charge in [0.25, 0.3) is 5.91 Å². The first-order valence-corrected chi connectivity index (χ1v) is 5.71. The van der Waals surface area contributed by atoms with Gasteiger partial charge in [-0.1, -0.05) is 12.1 Å². The average molecular weight is 232 g/mol. The normalized spacial score (nSPS) is 16.2. The van der Waals surface area contributed by atoms with Gasteiger partial charge in [-0.25, -0.2) is 9.69 Å². The highest BCUT2D eigenvalue weighted by Gasteiger charge is 2.38. The predicted octanol–water partition coefficient (Wildman–Crippen LogP) is 2.17. The molecule has 4 nitrogen and oxygen atoms in total. The molecule has 1 aliphatic heterocycles. The maximum absolute atomic E-state index is 12.1. The molecule has 1 fully saturated rings. The Balaban J connectivity index is 2.34. The van der Waals surface area contributed by atoms with Crippen molar-refractivity contribution in [2.45, 2.75) is 26.8 Å². The second-order valence-electron chi connectivity index (χ2n) is 4.57. The molecule has 1 heterocycles. The monoisotopic (exact) mass is 232 g/mol. The topological polar surface area (TPSA) is 40.6 Å². The zero-order valence-electron chi connectivity index (χ0n) is 10.3. The van der Waals surface area contributed by atoms with Crippen molar-refractivity contribution in [3.63, 3.8) is 0 Å². The van der Waals surface area contributed by atoms with Gasteiger partial charge >= 0.3 is 6.03 Å². The lowest BCUT2D eigenvalue weighted by molar-refractivity contribution is -0.116. The van der Waals surface area contributed by atoms with Crippen LogP contribution in [0, 0.1) is 6.92 Å². The molecular formula is C13H16N2O2. The third-order valence-corrected chi connectivity index (χ3v) is 2.88. The summed E-state index contributed by atoms with van der Waals surface area (Å²) in [5.41, 5.74) is 1.69. The molecule has 0 N–H and O–H groups in total. The van der Waals surface area contributed by atoms with Crippen LogP contribution >= 0.6 is 0 Å². The van der Waals surface area contributed by atoms with E-state index in [9.17, 15) is 9.59 Å². The van der Waals surface area contributed by atoms with E-state index in [1.165, 1.54) is 4.90 Å². The van der Waals surface area contributed by atoms with Crippen molar-refractivity contribution in [1.29, 1.82) is 0 Å². The van der Waals surface area contributed by atoms with Crippen molar-refractivity contribution in [2.75, 3.05) is 11.4 Å². The summed E-state index contributed by atoms with van der Waals surface area (Å²) in [6.45, 7) is 5.93. The van der Waals surface area contributed by atoms with Gasteiger partial charge in [-0.05, 0) is 38.5 Å². The van der Waals surface area contributed by atoms with E-state index in [0.29, 0.717) is 5.69 Å². The van der Waals surface area contributed by atoms with Crippen molar-refractivity contribution in [2.24, 2.45) is 0 Å². The second-order valence-corrected chi connectivity index (χ2v) is 4.57. The second kappa shape index (κ2) is 4.20. The number of aryl methyl sites for hydroxylation is 1. The molecule has 0 atom stereocenters. The van der Waals surface area contributed by atoms with Gasteiger partial charge in [-0.15, -0.1) is 0 Å². The number of hydrogen-bond acceptors (Lipinski definition) is 2. The van der Waals surface area contributed by atoms with Gasteiger partial charge in [0.05, 0.1) is 5.69 Å². The predicted molar refractivity (Wildman–Crippen MR) is 65.9 cm³/mol. The van der Waals surface area contributed by atoms with Crippen LogP contribution in [0.25, 0.3) is 0 Å². The fourth-order valence-corrected chi connectivity index (χ4v) is 1.94. The molecule has 2 rings (SSSR count). The summed E-state index contributed by atoms with van der Waals surface area (Å²) in [5.74, 6) is -0.158. The van der Waals surface area contributed by atoms with Crippen LogP contribution in [0.5, 0.6) is 0 Å². The summed E-state index contributed by atoms with van der Waals surface area (Å²) < 4.78 is 0. The Morgan fingerprint density at radius 1 is 1.24 bits per heavy atom. The van der Waals surface area contributed by atoms with Crippen molar-refractivity contribution in [3.05, 3.63) is 29.8 Å². The quantitative estimate of drug-likeness (QED) is 0.733. The Morgan fingerprint density at radius 2 is 1.94 bits per heavy atom. The van der Waals surface area contributed by atoms with E-state index < -0.39 is 0 Å². The van der Waals surface area contributed by atoms with Crippen LogP contribution in [0.2, 0.25) is 0 Å². The molecular weight excluding hydrogens is 216 g/mol. The van der Waals surface area contributed by atoms with Crippen LogP contribution in [0.3, 0.4) is 0 Å². The van der Waals surface area contributed by atoms with E-state index in [4.69, 9.17) is 0 Å². The Labute approximate surface area is 101 Å². The molecule has 0 saturated carbocycles. The van der Waals surface area contributed by atoms with Gasteiger partial charge in [0.1, 0.15) is 6.54 Å². The molecule has 90 valence electrons. The van der Waals surface area contributed by atoms with Crippen LogP contribution in [0.1, 0.15) is 19.4 Å². The highest BCUT2D eigenvalue weighted by Crippen LogP contribution is 2.23. The van der Waals surface area contributed by atoms with Crippen LogP contribution in [0.4, 0.5) is 10.5 Å². The van der Waals surface area contributed by atoms with E-state index in [2.05, 4.69) is 0 Å². The minimum absolute atomic E-state index is 0.0428. The van der Waals surface area contributed by atoms with Gasteiger partial charge < -0.3 is 4.90 Å². The number of anilines is 1. The summed E-state index contributed by atoms with van der Waals surface area (Å²) in [4.78, 5) is 26.8. The van der Waals surface area contributed by atoms with E-state index in [1.54, 1.807) is 11.0 Å². The molecule has 17 heavy (non-hydrogen) atoms. The fraction of sp³-hybridized carbons (Fsp3) is 0.385. The minimum atomic E-state index is -0.226. The molecule has 1 aromatic rings. The standard InChI is InChI=1S/C13H16N2O2/c1-9(2)14-8-12(16)15(13(14)17)11-6-4-5-10(3)7-11/h4-7,9H,8H2,1-3H3. The first kappa shape index (κ1) is 11.6. The molecule has 0 aliphatic carbocycles. The first-order chi connectivity index (χ1) is 8.00. The van der Waals surface area contributed by atoms with Gasteiger partial charge in [0, 0.05) is 6.04 Å². The van der Waals surface area contributed by atoms with Crippen molar-refractivity contribution in [1.82, 2.24) is 4.90 Å². The summed E-state index contributed by atoms with van der Waals surface area (Å²) in [6.07, 6.45) is 0. The number of hydrogen-bond donors (Lipinski definition) is 0. The molecule has 1 aliphatic rings. The lowest BCUT2D eigenvalue weighted by Crippen LogP contribution is -2.36. The van der Waals surface area contributed by atoms with Gasteiger partial charge in [0.2, 0.25) is 0 Å². The van der Waals surface area contributed by atoms with E-state index >= 15 is 0 Å². The number of rotatable bonds is 2. The maximum atomic E-state index is 12.1. The first-order valence-electron chi connectivity index (χ1n) is 5.71. The molecule has 0 spiro atoms. The highest BCUT2D eigenvalue weighted by atomic mass is 16.2. The van der Waals surface area contributed by atoms with Gasteiger partial charge in [0.15, 0.2) is 0 Å². The molecule has 1 saturated heterocycles. The number of imide groups is 1. The molecule has 4 heteroatoms. The number of urea groups is 1. The number of nitrogens with zero attached hydrogens (tertiary/aromatic N) is 2. The lowest BCUT2D eigenvalue weighted by Gasteiger charge is -2.20. The SMILES string of the molecule is Cc1cccc(N2C(=O)CN(C(C)C)C2=O)c1. The van der Waals surface area contributed by atoms with Crippen LogP contribution in [-0.4, -0.2) is 29.4 Å². The van der Waals surface area contributed by atoms with Gasteiger partial charge in [-0.2, -0.15) is 0 Å². The largest absolute Gasteiger partial charge is 0.332 e. The molecule has 0 radical (unpaired) electrons. The van der Waals surface area contributed by atoms with Crippen molar-refractivity contribution < 1.29 is 9.59 Å². The molecule has 1 aromatic carbocycles. The zero-order valence-corrected chi connectivity index (χ0v) is 10.3. The van der Waals surface area contributed by atoms with Crippen LogP contribution in [0.15, 0.2) is 24.3 Å². The van der Waals surface area contributed by atoms with Crippen molar-refractivity contribution in [3.8, 4) is 0 Å². The Hall–Kier alpha value is -1.84. The smallest absolute Gasteiger partial charge is 0.312 e. The molecule has 0 unspecified atom stereocenters. The van der Waals surface area contributed by atoms with E-state index in [1.807, 2.05) is 39.0 Å². The van der Waals surface area contributed by atoms with Gasteiger partial charge in [-0.3, -0.25) is 4.79 Å². The van der Waals surface area contributed by atoms with Crippen LogP contribution < -0.4 is 4.90 Å². The third kappa shape index (κ3) is 2.02. The molecule has 0 aromatic heterocycles. The zero-order chi connectivity index (χ0) is 12.6.